The van der Waals surface area contributed by atoms with Crippen LogP contribution in [0.15, 0.2) is 36.4 Å². The molecule has 18 heavy (non-hydrogen) atoms. The molecular formula is C14H11F3O. The topological polar surface area (TPSA) is 17.1 Å². The van der Waals surface area contributed by atoms with Crippen LogP contribution in [0, 0.1) is 0 Å². The van der Waals surface area contributed by atoms with E-state index in [0.29, 0.717) is 10.8 Å². The lowest BCUT2D eigenvalue weighted by molar-refractivity contribution is -0.137. The summed E-state index contributed by atoms with van der Waals surface area (Å²) < 4.78 is 37.6. The quantitative estimate of drug-likeness (QED) is 0.733. The van der Waals surface area contributed by atoms with E-state index in [1.54, 1.807) is 25.1 Å². The molecule has 0 spiro atoms. The minimum Gasteiger partial charge on any atom is -0.303 e. The number of halogens is 3. The molecule has 0 amide bonds. The van der Waals surface area contributed by atoms with E-state index in [2.05, 4.69) is 0 Å². The van der Waals surface area contributed by atoms with Crippen molar-refractivity contribution in [1.82, 2.24) is 0 Å². The zero-order valence-electron chi connectivity index (χ0n) is 9.66. The Hall–Kier alpha value is -1.84. The molecule has 2 aromatic carbocycles. The first kappa shape index (κ1) is 12.6. The lowest BCUT2D eigenvalue weighted by atomic mass is 9.98. The number of carbonyl (C=O) groups excluding carboxylic acids is 1. The number of alkyl halides is 3. The summed E-state index contributed by atoms with van der Waals surface area (Å²) in [4.78, 5) is 10.7. The Balaban J connectivity index is 2.52. The summed E-state index contributed by atoms with van der Waals surface area (Å²) in [6, 6.07) is 8.64. The van der Waals surface area contributed by atoms with E-state index in [9.17, 15) is 18.0 Å². The zero-order valence-corrected chi connectivity index (χ0v) is 9.66. The van der Waals surface area contributed by atoms with Gasteiger partial charge in [-0.05, 0) is 28.5 Å². The highest BCUT2D eigenvalue weighted by molar-refractivity contribution is 5.84. The fourth-order valence-corrected chi connectivity index (χ4v) is 1.80. The van der Waals surface area contributed by atoms with Crippen LogP contribution in [0.25, 0.3) is 10.8 Å². The standard InChI is InChI=1S/C14H11F3O/c1-9(8-18)10-2-3-12-7-13(14(15,16)17)5-4-11(12)6-10/h2-9H,1H3. The van der Waals surface area contributed by atoms with Crippen molar-refractivity contribution in [3.05, 3.63) is 47.5 Å². The predicted octanol–water partition coefficient (Wildman–Crippen LogP) is 4.16. The molecule has 0 heterocycles. The molecule has 0 saturated heterocycles. The zero-order chi connectivity index (χ0) is 13.3. The molecule has 0 aliphatic carbocycles. The second kappa shape index (κ2) is 4.44. The average Bonchev–Trinajstić information content (AvgIpc) is 2.35. The van der Waals surface area contributed by atoms with Gasteiger partial charge in [0, 0.05) is 5.92 Å². The first-order valence-electron chi connectivity index (χ1n) is 5.48. The third-order valence-electron chi connectivity index (χ3n) is 2.92. The molecule has 94 valence electrons. The molecule has 4 heteroatoms. The molecular weight excluding hydrogens is 241 g/mol. The molecule has 1 nitrogen and oxygen atoms in total. The molecule has 0 aliphatic rings. The second-order valence-corrected chi connectivity index (χ2v) is 4.24. The first-order valence-corrected chi connectivity index (χ1v) is 5.48. The number of carbonyl (C=O) groups is 1. The molecule has 0 N–H and O–H groups in total. The molecule has 1 atom stereocenters. The van der Waals surface area contributed by atoms with E-state index < -0.39 is 11.7 Å². The maximum Gasteiger partial charge on any atom is 0.416 e. The van der Waals surface area contributed by atoms with Crippen molar-refractivity contribution in [2.24, 2.45) is 0 Å². The van der Waals surface area contributed by atoms with Crippen LogP contribution in [0.1, 0.15) is 24.0 Å². The van der Waals surface area contributed by atoms with Crippen molar-refractivity contribution in [2.45, 2.75) is 19.0 Å². The monoisotopic (exact) mass is 252 g/mol. The normalized spacial score (nSPS) is 13.6. The molecule has 0 aromatic heterocycles. The van der Waals surface area contributed by atoms with E-state index in [-0.39, 0.29) is 5.92 Å². The summed E-state index contributed by atoms with van der Waals surface area (Å²) in [5, 5.41) is 1.22. The molecule has 2 rings (SSSR count). The summed E-state index contributed by atoms with van der Waals surface area (Å²) in [7, 11) is 0. The van der Waals surface area contributed by atoms with E-state index >= 15 is 0 Å². The van der Waals surface area contributed by atoms with Gasteiger partial charge in [0.1, 0.15) is 6.29 Å². The maximum atomic E-state index is 12.5. The van der Waals surface area contributed by atoms with Gasteiger partial charge in [-0.1, -0.05) is 31.2 Å². The van der Waals surface area contributed by atoms with E-state index in [4.69, 9.17) is 0 Å². The largest absolute Gasteiger partial charge is 0.416 e. The van der Waals surface area contributed by atoms with Crippen molar-refractivity contribution in [2.75, 3.05) is 0 Å². The van der Waals surface area contributed by atoms with Crippen molar-refractivity contribution in [1.29, 1.82) is 0 Å². The highest BCUT2D eigenvalue weighted by Crippen LogP contribution is 2.32. The van der Waals surface area contributed by atoms with Gasteiger partial charge in [0.2, 0.25) is 0 Å². The van der Waals surface area contributed by atoms with Gasteiger partial charge in [-0.25, -0.2) is 0 Å². The smallest absolute Gasteiger partial charge is 0.303 e. The van der Waals surface area contributed by atoms with Crippen molar-refractivity contribution < 1.29 is 18.0 Å². The van der Waals surface area contributed by atoms with Crippen LogP contribution in [-0.4, -0.2) is 6.29 Å². The third-order valence-corrected chi connectivity index (χ3v) is 2.92. The molecule has 0 fully saturated rings. The Morgan fingerprint density at radius 3 is 2.28 bits per heavy atom. The molecule has 0 aliphatic heterocycles. The summed E-state index contributed by atoms with van der Waals surface area (Å²) in [5.41, 5.74) is 0.142. The number of hydrogen-bond donors (Lipinski definition) is 0. The number of aldehydes is 1. The van der Waals surface area contributed by atoms with Crippen molar-refractivity contribution >= 4 is 17.1 Å². The van der Waals surface area contributed by atoms with Crippen molar-refractivity contribution in [3.63, 3.8) is 0 Å². The lowest BCUT2D eigenvalue weighted by Gasteiger charge is -2.09. The molecule has 0 radical (unpaired) electrons. The Morgan fingerprint density at radius 2 is 1.67 bits per heavy atom. The summed E-state index contributed by atoms with van der Waals surface area (Å²) >= 11 is 0. The van der Waals surface area contributed by atoms with Crippen molar-refractivity contribution in [3.8, 4) is 0 Å². The third kappa shape index (κ3) is 2.37. The first-order chi connectivity index (χ1) is 8.41. The SMILES string of the molecule is CC(C=O)c1ccc2cc(C(F)(F)F)ccc2c1. The predicted molar refractivity (Wildman–Crippen MR) is 63.4 cm³/mol. The van der Waals surface area contributed by atoms with Gasteiger partial charge >= 0.3 is 6.18 Å². The molecule has 0 saturated carbocycles. The maximum absolute atomic E-state index is 12.5. The number of hydrogen-bond acceptors (Lipinski definition) is 1. The molecule has 0 bridgehead atoms. The number of rotatable bonds is 2. The second-order valence-electron chi connectivity index (χ2n) is 4.24. The highest BCUT2D eigenvalue weighted by Gasteiger charge is 2.30. The Bertz CT molecular complexity index is 587. The van der Waals surface area contributed by atoms with Gasteiger partial charge in [0.05, 0.1) is 5.56 Å². The Labute approximate surface area is 102 Å². The Kier molecular flexibility index (Phi) is 3.11. The van der Waals surface area contributed by atoms with Crippen LogP contribution < -0.4 is 0 Å². The summed E-state index contributed by atoms with van der Waals surface area (Å²) in [6.07, 6.45) is -3.52. The van der Waals surface area contributed by atoms with Crippen LogP contribution in [0.4, 0.5) is 13.2 Å². The van der Waals surface area contributed by atoms with Gasteiger partial charge in [0.25, 0.3) is 0 Å². The Morgan fingerprint density at radius 1 is 1.06 bits per heavy atom. The van der Waals surface area contributed by atoms with E-state index in [0.717, 1.165) is 24.0 Å². The van der Waals surface area contributed by atoms with Crippen LogP contribution >= 0.6 is 0 Å². The van der Waals surface area contributed by atoms with Crippen LogP contribution in [0.3, 0.4) is 0 Å². The summed E-state index contributed by atoms with van der Waals surface area (Å²) in [5.74, 6) is -0.253. The number of fused-ring (bicyclic) bond motifs is 1. The number of benzene rings is 2. The van der Waals surface area contributed by atoms with Gasteiger partial charge in [-0.2, -0.15) is 13.2 Å². The van der Waals surface area contributed by atoms with Crippen LogP contribution in [0.2, 0.25) is 0 Å². The van der Waals surface area contributed by atoms with Gasteiger partial charge in [0.15, 0.2) is 0 Å². The highest BCUT2D eigenvalue weighted by atomic mass is 19.4. The van der Waals surface area contributed by atoms with E-state index in [1.165, 1.54) is 6.07 Å². The minimum absolute atomic E-state index is 0.253. The molecule has 1 unspecified atom stereocenters. The summed E-state index contributed by atoms with van der Waals surface area (Å²) in [6.45, 7) is 1.75. The minimum atomic E-state index is -4.33. The average molecular weight is 252 g/mol. The fraction of sp³-hybridized carbons (Fsp3) is 0.214. The fourth-order valence-electron chi connectivity index (χ4n) is 1.80. The van der Waals surface area contributed by atoms with Gasteiger partial charge in [-0.15, -0.1) is 0 Å². The molecule has 2 aromatic rings. The van der Waals surface area contributed by atoms with E-state index in [1.807, 2.05) is 0 Å². The van der Waals surface area contributed by atoms with Crippen LogP contribution in [-0.2, 0) is 11.0 Å². The lowest BCUT2D eigenvalue weighted by Crippen LogP contribution is -2.04. The van der Waals surface area contributed by atoms with Crippen LogP contribution in [0.5, 0.6) is 0 Å². The van der Waals surface area contributed by atoms with Gasteiger partial charge < -0.3 is 4.79 Å². The van der Waals surface area contributed by atoms with Gasteiger partial charge in [-0.3, -0.25) is 0 Å².